The van der Waals surface area contributed by atoms with Crippen LogP contribution in [0.25, 0.3) is 5.57 Å². The maximum absolute atomic E-state index is 12.1. The molecule has 0 radical (unpaired) electrons. The van der Waals surface area contributed by atoms with Gasteiger partial charge < -0.3 is 4.74 Å². The van der Waals surface area contributed by atoms with Crippen molar-refractivity contribution in [2.45, 2.75) is 46.3 Å². The Hall–Kier alpha value is -2.43. The Balaban J connectivity index is 2.21. The first-order valence-corrected chi connectivity index (χ1v) is 7.68. The van der Waals surface area contributed by atoms with Crippen LogP contribution in [-0.4, -0.2) is 26.6 Å². The highest BCUT2D eigenvalue weighted by Gasteiger charge is 2.22. The van der Waals surface area contributed by atoms with Gasteiger partial charge in [-0.05, 0) is 45.8 Å². The van der Waals surface area contributed by atoms with E-state index in [1.807, 2.05) is 52.8 Å². The molecule has 2 aromatic rings. The van der Waals surface area contributed by atoms with E-state index in [0.717, 1.165) is 11.1 Å². The average Bonchev–Trinajstić information content (AvgIpc) is 2.97. The van der Waals surface area contributed by atoms with Crippen LogP contribution in [0.3, 0.4) is 0 Å². The van der Waals surface area contributed by atoms with Gasteiger partial charge in [-0.25, -0.2) is 9.48 Å². The number of allylic oxidation sites excluding steroid dienone is 2. The molecule has 122 valence electrons. The number of rotatable bonds is 4. The number of esters is 1. The van der Waals surface area contributed by atoms with Crippen LogP contribution in [0.15, 0.2) is 42.6 Å². The minimum absolute atomic E-state index is 0.0360. The molecular weight excluding hydrogens is 290 g/mol. The number of carbonyl (C=O) groups excluding carboxylic acids is 1. The zero-order valence-corrected chi connectivity index (χ0v) is 14.3. The monoisotopic (exact) mass is 313 g/mol. The molecule has 1 heterocycles. The van der Waals surface area contributed by atoms with Gasteiger partial charge in [-0.15, -0.1) is 5.10 Å². The van der Waals surface area contributed by atoms with Crippen LogP contribution in [0.2, 0.25) is 0 Å². The van der Waals surface area contributed by atoms with Gasteiger partial charge in [-0.3, -0.25) is 0 Å². The third kappa shape index (κ3) is 4.28. The van der Waals surface area contributed by atoms with Crippen molar-refractivity contribution < 1.29 is 9.53 Å². The molecule has 0 saturated heterocycles. The van der Waals surface area contributed by atoms with Gasteiger partial charge in [0, 0.05) is 0 Å². The summed E-state index contributed by atoms with van der Waals surface area (Å²) < 4.78 is 7.00. The van der Waals surface area contributed by atoms with Crippen molar-refractivity contribution in [1.29, 1.82) is 0 Å². The molecule has 1 aromatic carbocycles. The standard InChI is InChI=1S/C18H23N3O2/c1-6-15(14-10-8-7-9-11-14)13(2)21-12-16(19-20-21)17(22)23-18(3,4)5/h6-13H,1-5H3/b15-6+/t13-/m1/s1. The molecular formula is C18H23N3O2. The Bertz CT molecular complexity index is 697. The Morgan fingerprint density at radius 3 is 2.48 bits per heavy atom. The summed E-state index contributed by atoms with van der Waals surface area (Å²) in [5.74, 6) is -0.460. The van der Waals surface area contributed by atoms with Crippen LogP contribution in [-0.2, 0) is 4.74 Å². The van der Waals surface area contributed by atoms with Gasteiger partial charge in [0.1, 0.15) is 5.60 Å². The van der Waals surface area contributed by atoms with Crippen molar-refractivity contribution in [3.05, 3.63) is 53.9 Å². The molecule has 1 atom stereocenters. The Labute approximate surface area is 137 Å². The number of ether oxygens (including phenoxy) is 1. The topological polar surface area (TPSA) is 57.0 Å². The number of carbonyl (C=O) groups is 1. The SMILES string of the molecule is C/C=C(/c1ccccc1)[C@@H](C)n1cc(C(=O)OC(C)(C)C)nn1. The first-order chi connectivity index (χ1) is 10.8. The molecule has 5 heteroatoms. The molecule has 0 aliphatic rings. The van der Waals surface area contributed by atoms with Crippen molar-refractivity contribution in [3.8, 4) is 0 Å². The van der Waals surface area contributed by atoms with Crippen LogP contribution < -0.4 is 0 Å². The molecule has 0 N–H and O–H groups in total. The molecule has 0 bridgehead atoms. The summed E-state index contributed by atoms with van der Waals surface area (Å²) in [5.41, 5.74) is 1.91. The molecule has 0 spiro atoms. The van der Waals surface area contributed by atoms with E-state index >= 15 is 0 Å². The third-order valence-electron chi connectivity index (χ3n) is 3.38. The minimum Gasteiger partial charge on any atom is -0.455 e. The zero-order valence-electron chi connectivity index (χ0n) is 14.3. The van der Waals surface area contributed by atoms with Gasteiger partial charge in [0.2, 0.25) is 0 Å². The van der Waals surface area contributed by atoms with Crippen molar-refractivity contribution in [2.75, 3.05) is 0 Å². The van der Waals surface area contributed by atoms with Crippen LogP contribution in [0.4, 0.5) is 0 Å². The molecule has 0 aliphatic heterocycles. The van der Waals surface area contributed by atoms with E-state index in [0.29, 0.717) is 0 Å². The molecule has 0 unspecified atom stereocenters. The maximum Gasteiger partial charge on any atom is 0.361 e. The summed E-state index contributed by atoms with van der Waals surface area (Å²) in [6, 6.07) is 10.1. The second kappa shape index (κ2) is 6.77. The maximum atomic E-state index is 12.1. The van der Waals surface area contributed by atoms with Gasteiger partial charge in [0.25, 0.3) is 0 Å². The summed E-state index contributed by atoms with van der Waals surface area (Å²) in [7, 11) is 0. The molecule has 23 heavy (non-hydrogen) atoms. The van der Waals surface area contributed by atoms with Gasteiger partial charge in [0.05, 0.1) is 12.2 Å². The molecule has 0 aliphatic carbocycles. The zero-order chi connectivity index (χ0) is 17.0. The lowest BCUT2D eigenvalue weighted by atomic mass is 10.00. The predicted molar refractivity (Wildman–Crippen MR) is 90.0 cm³/mol. The largest absolute Gasteiger partial charge is 0.455 e. The van der Waals surface area contributed by atoms with Crippen LogP contribution >= 0.6 is 0 Å². The Kier molecular flexibility index (Phi) is 4.98. The van der Waals surface area contributed by atoms with E-state index < -0.39 is 11.6 Å². The lowest BCUT2D eigenvalue weighted by molar-refractivity contribution is 0.00627. The first kappa shape index (κ1) is 16.9. The predicted octanol–water partition coefficient (Wildman–Crippen LogP) is 3.90. The average molecular weight is 313 g/mol. The van der Waals surface area contributed by atoms with E-state index in [1.54, 1.807) is 10.9 Å². The van der Waals surface area contributed by atoms with Crippen molar-refractivity contribution >= 4 is 11.5 Å². The summed E-state index contributed by atoms with van der Waals surface area (Å²) in [6.07, 6.45) is 3.68. The van der Waals surface area contributed by atoms with Crippen LogP contribution in [0.5, 0.6) is 0 Å². The van der Waals surface area contributed by atoms with Gasteiger partial charge in [-0.1, -0.05) is 41.6 Å². The normalized spacial score (nSPS) is 13.7. The molecule has 0 amide bonds. The summed E-state index contributed by atoms with van der Waals surface area (Å²) in [6.45, 7) is 9.49. The van der Waals surface area contributed by atoms with Gasteiger partial charge >= 0.3 is 5.97 Å². The number of benzene rings is 1. The van der Waals surface area contributed by atoms with Crippen molar-refractivity contribution in [1.82, 2.24) is 15.0 Å². The van der Waals surface area contributed by atoms with E-state index in [2.05, 4.69) is 28.5 Å². The smallest absolute Gasteiger partial charge is 0.361 e. The number of hydrogen-bond donors (Lipinski definition) is 0. The van der Waals surface area contributed by atoms with Gasteiger partial charge in [-0.2, -0.15) is 0 Å². The van der Waals surface area contributed by atoms with Crippen LogP contribution in [0.1, 0.15) is 56.7 Å². The summed E-state index contributed by atoms with van der Waals surface area (Å²) in [4.78, 5) is 12.1. The second-order valence-corrected chi connectivity index (χ2v) is 6.37. The molecule has 1 aromatic heterocycles. The van der Waals surface area contributed by atoms with Crippen LogP contribution in [0, 0.1) is 0 Å². The highest BCUT2D eigenvalue weighted by Crippen LogP contribution is 2.26. The van der Waals surface area contributed by atoms with E-state index in [4.69, 9.17) is 4.74 Å². The molecule has 2 rings (SSSR count). The van der Waals surface area contributed by atoms with Gasteiger partial charge in [0.15, 0.2) is 5.69 Å². The third-order valence-corrected chi connectivity index (χ3v) is 3.38. The fourth-order valence-corrected chi connectivity index (χ4v) is 2.31. The highest BCUT2D eigenvalue weighted by molar-refractivity contribution is 5.87. The van der Waals surface area contributed by atoms with E-state index in [9.17, 15) is 4.79 Å². The van der Waals surface area contributed by atoms with E-state index in [1.165, 1.54) is 0 Å². The summed E-state index contributed by atoms with van der Waals surface area (Å²) >= 11 is 0. The van der Waals surface area contributed by atoms with E-state index in [-0.39, 0.29) is 11.7 Å². The molecule has 0 fully saturated rings. The second-order valence-electron chi connectivity index (χ2n) is 6.37. The van der Waals surface area contributed by atoms with Crippen molar-refractivity contribution in [3.63, 3.8) is 0 Å². The number of hydrogen-bond acceptors (Lipinski definition) is 4. The molecule has 5 nitrogen and oxygen atoms in total. The molecule has 0 saturated carbocycles. The lowest BCUT2D eigenvalue weighted by Gasteiger charge is -2.18. The number of aromatic nitrogens is 3. The minimum atomic E-state index is -0.551. The first-order valence-electron chi connectivity index (χ1n) is 7.68. The Morgan fingerprint density at radius 2 is 1.91 bits per heavy atom. The quantitative estimate of drug-likeness (QED) is 0.803. The number of nitrogens with zero attached hydrogens (tertiary/aromatic N) is 3. The summed E-state index contributed by atoms with van der Waals surface area (Å²) in [5, 5.41) is 8.03. The van der Waals surface area contributed by atoms with Crippen molar-refractivity contribution in [2.24, 2.45) is 0 Å². The Morgan fingerprint density at radius 1 is 1.26 bits per heavy atom. The highest BCUT2D eigenvalue weighted by atomic mass is 16.6. The lowest BCUT2D eigenvalue weighted by Crippen LogP contribution is -2.24. The fraction of sp³-hybridized carbons (Fsp3) is 0.389. The fourth-order valence-electron chi connectivity index (χ4n) is 2.31.